The van der Waals surface area contributed by atoms with E-state index in [0.29, 0.717) is 33.5 Å². The third kappa shape index (κ3) is 3.26. The van der Waals surface area contributed by atoms with Crippen LogP contribution < -0.4 is 16.0 Å². The number of Topliss-reactive ketones (excluding diaryl/α,β-unsaturated/α-hetero) is 1. The van der Waals surface area contributed by atoms with Gasteiger partial charge in [0.2, 0.25) is 5.91 Å². The number of rotatable bonds is 2. The van der Waals surface area contributed by atoms with E-state index in [0.717, 1.165) is 5.56 Å². The maximum absolute atomic E-state index is 14.0. The molecule has 2 heterocycles. The number of nitrogens with two attached hydrogens (primary N) is 1. The van der Waals surface area contributed by atoms with E-state index in [1.807, 2.05) is 45.0 Å². The van der Waals surface area contributed by atoms with Crippen LogP contribution in [0.2, 0.25) is 0 Å². The van der Waals surface area contributed by atoms with Gasteiger partial charge in [-0.1, -0.05) is 41.9 Å². The van der Waals surface area contributed by atoms with E-state index >= 15 is 0 Å². The van der Waals surface area contributed by atoms with E-state index < -0.39 is 17.3 Å². The molecule has 2 aromatic rings. The summed E-state index contributed by atoms with van der Waals surface area (Å²) in [6.07, 6.45) is 0.732. The first kappa shape index (κ1) is 23.4. The van der Waals surface area contributed by atoms with E-state index in [1.54, 1.807) is 23.1 Å². The molecule has 0 fully saturated rings. The molecule has 5 rings (SSSR count). The number of nitrogens with one attached hydrogen (secondary N) is 1. The summed E-state index contributed by atoms with van der Waals surface area (Å²) in [6.45, 7) is 6.00. The monoisotopic (exact) mass is 535 g/mol. The SMILES string of the molecule is COC(=O)C1=C(N)N(c2cccc(C)c2)C2=C(C(=O)CC(C)(C)C2)C12C(=O)Nc1ccc(Br)cc12. The molecule has 1 spiro atoms. The van der Waals surface area contributed by atoms with Gasteiger partial charge in [-0.3, -0.25) is 14.5 Å². The summed E-state index contributed by atoms with van der Waals surface area (Å²) in [6, 6.07) is 13.0. The third-order valence-corrected chi connectivity index (χ3v) is 7.49. The van der Waals surface area contributed by atoms with Gasteiger partial charge in [-0.05, 0) is 54.7 Å². The minimum atomic E-state index is -1.71. The highest BCUT2D eigenvalue weighted by atomic mass is 79.9. The molecular formula is C27H26BrN3O4. The van der Waals surface area contributed by atoms with Gasteiger partial charge in [0, 0.05) is 39.1 Å². The summed E-state index contributed by atoms with van der Waals surface area (Å²) in [5.41, 5.74) is 8.32. The molecule has 35 heavy (non-hydrogen) atoms. The molecule has 0 bridgehead atoms. The fraction of sp³-hybridized carbons (Fsp3) is 0.296. The molecule has 0 radical (unpaired) electrons. The number of ether oxygens (including phenoxy) is 1. The number of fused-ring (bicyclic) bond motifs is 3. The number of hydrogen-bond donors (Lipinski definition) is 2. The maximum Gasteiger partial charge on any atom is 0.339 e. The van der Waals surface area contributed by atoms with E-state index in [1.165, 1.54) is 7.11 Å². The summed E-state index contributed by atoms with van der Waals surface area (Å²) in [5.74, 6) is -1.36. The highest BCUT2D eigenvalue weighted by molar-refractivity contribution is 9.10. The summed E-state index contributed by atoms with van der Waals surface area (Å²) in [4.78, 5) is 43.1. The second kappa shape index (κ2) is 7.81. The van der Waals surface area contributed by atoms with Gasteiger partial charge in [-0.25, -0.2) is 4.79 Å². The number of ketones is 1. The van der Waals surface area contributed by atoms with Crippen molar-refractivity contribution in [1.82, 2.24) is 0 Å². The number of hydrogen-bond acceptors (Lipinski definition) is 6. The first-order chi connectivity index (χ1) is 16.5. The van der Waals surface area contributed by atoms with E-state index in [9.17, 15) is 14.4 Å². The zero-order chi connectivity index (χ0) is 25.3. The lowest BCUT2D eigenvalue weighted by Crippen LogP contribution is -2.54. The minimum Gasteiger partial charge on any atom is -0.466 e. The Bertz CT molecular complexity index is 1390. The molecule has 1 unspecified atom stereocenters. The van der Waals surface area contributed by atoms with Crippen LogP contribution in [-0.2, 0) is 24.5 Å². The second-order valence-electron chi connectivity index (χ2n) is 10.1. The third-order valence-electron chi connectivity index (χ3n) is 6.99. The van der Waals surface area contributed by atoms with Gasteiger partial charge < -0.3 is 15.8 Å². The lowest BCUT2D eigenvalue weighted by molar-refractivity contribution is -0.138. The molecule has 1 aliphatic carbocycles. The van der Waals surface area contributed by atoms with Crippen molar-refractivity contribution in [1.29, 1.82) is 0 Å². The van der Waals surface area contributed by atoms with Crippen molar-refractivity contribution in [2.45, 2.75) is 39.0 Å². The number of allylic oxidation sites excluding steroid dienone is 1. The molecule has 2 aromatic carbocycles. The highest BCUT2D eigenvalue weighted by Gasteiger charge is 2.63. The lowest BCUT2D eigenvalue weighted by Gasteiger charge is -2.47. The van der Waals surface area contributed by atoms with Crippen molar-refractivity contribution >= 4 is 45.0 Å². The number of amides is 1. The summed E-state index contributed by atoms with van der Waals surface area (Å²) < 4.78 is 5.89. The maximum atomic E-state index is 14.0. The average Bonchev–Trinajstić information content (AvgIpc) is 3.04. The van der Waals surface area contributed by atoms with Crippen LogP contribution in [0.5, 0.6) is 0 Å². The van der Waals surface area contributed by atoms with Crippen LogP contribution in [-0.4, -0.2) is 24.8 Å². The van der Waals surface area contributed by atoms with Crippen LogP contribution >= 0.6 is 15.9 Å². The molecule has 1 atom stereocenters. The molecule has 7 nitrogen and oxygen atoms in total. The van der Waals surface area contributed by atoms with Crippen molar-refractivity contribution in [2.24, 2.45) is 11.1 Å². The number of benzene rings is 2. The molecule has 0 saturated heterocycles. The van der Waals surface area contributed by atoms with Crippen molar-refractivity contribution in [3.05, 3.63) is 80.7 Å². The fourth-order valence-electron chi connectivity index (χ4n) is 5.67. The van der Waals surface area contributed by atoms with Crippen LogP contribution in [0.3, 0.4) is 0 Å². The normalized spacial score (nSPS) is 22.8. The number of esters is 1. The molecule has 3 aliphatic rings. The Morgan fingerprint density at radius 3 is 2.57 bits per heavy atom. The number of nitrogens with zero attached hydrogens (tertiary/aromatic N) is 1. The average molecular weight is 536 g/mol. The van der Waals surface area contributed by atoms with Crippen LogP contribution in [0.4, 0.5) is 11.4 Å². The van der Waals surface area contributed by atoms with E-state index in [2.05, 4.69) is 21.2 Å². The highest BCUT2D eigenvalue weighted by Crippen LogP contribution is 2.57. The summed E-state index contributed by atoms with van der Waals surface area (Å²) >= 11 is 3.49. The van der Waals surface area contributed by atoms with Crippen LogP contribution in [0, 0.1) is 12.3 Å². The van der Waals surface area contributed by atoms with Gasteiger partial charge in [0.05, 0.1) is 7.11 Å². The van der Waals surface area contributed by atoms with Crippen molar-refractivity contribution in [3.63, 3.8) is 0 Å². The van der Waals surface area contributed by atoms with Crippen LogP contribution in [0.15, 0.2) is 69.6 Å². The van der Waals surface area contributed by atoms with Gasteiger partial charge >= 0.3 is 5.97 Å². The van der Waals surface area contributed by atoms with Gasteiger partial charge in [-0.15, -0.1) is 0 Å². The Hall–Kier alpha value is -3.39. The first-order valence-corrected chi connectivity index (χ1v) is 12.1. The van der Waals surface area contributed by atoms with Crippen LogP contribution in [0.1, 0.15) is 37.8 Å². The van der Waals surface area contributed by atoms with Crippen molar-refractivity contribution < 1.29 is 19.1 Å². The number of carbonyl (C=O) groups is 3. The molecule has 180 valence electrons. The number of halogens is 1. The Morgan fingerprint density at radius 1 is 1.14 bits per heavy atom. The number of methoxy groups -OCH3 is 1. The van der Waals surface area contributed by atoms with Crippen LogP contribution in [0.25, 0.3) is 0 Å². The number of aryl methyl sites for hydroxylation is 1. The topological polar surface area (TPSA) is 102 Å². The molecule has 0 aromatic heterocycles. The first-order valence-electron chi connectivity index (χ1n) is 11.3. The second-order valence-corrected chi connectivity index (χ2v) is 11.0. The number of anilines is 2. The predicted molar refractivity (Wildman–Crippen MR) is 136 cm³/mol. The predicted octanol–water partition coefficient (Wildman–Crippen LogP) is 4.45. The molecular weight excluding hydrogens is 510 g/mol. The standard InChI is InChI=1S/C27H26BrN3O4/c1-14-6-5-7-16(10-14)31-19-12-26(2,3)13-20(32)21(19)27(22(23(31)29)24(33)35-4)17-11-15(28)8-9-18(17)30-25(27)34/h5-11H,12-13,29H2,1-4H3,(H,30,34). The van der Waals surface area contributed by atoms with Gasteiger partial charge in [0.15, 0.2) is 5.78 Å². The molecule has 1 amide bonds. The molecule has 0 saturated carbocycles. The minimum absolute atomic E-state index is 0.0531. The van der Waals surface area contributed by atoms with E-state index in [-0.39, 0.29) is 34.6 Å². The summed E-state index contributed by atoms with van der Waals surface area (Å²) in [5, 5.41) is 2.89. The Balaban J connectivity index is 1.94. The largest absolute Gasteiger partial charge is 0.466 e. The fourth-order valence-corrected chi connectivity index (χ4v) is 6.03. The Labute approximate surface area is 212 Å². The van der Waals surface area contributed by atoms with Gasteiger partial charge in [0.1, 0.15) is 16.8 Å². The zero-order valence-electron chi connectivity index (χ0n) is 20.0. The molecule has 3 N–H and O–H groups in total. The van der Waals surface area contributed by atoms with E-state index in [4.69, 9.17) is 10.5 Å². The Kier molecular flexibility index (Phi) is 5.21. The molecule has 8 heteroatoms. The number of carbonyl (C=O) groups excluding carboxylic acids is 3. The quantitative estimate of drug-likeness (QED) is 0.550. The zero-order valence-corrected chi connectivity index (χ0v) is 21.6. The van der Waals surface area contributed by atoms with Gasteiger partial charge in [0.25, 0.3) is 0 Å². The Morgan fingerprint density at radius 2 is 1.89 bits per heavy atom. The summed E-state index contributed by atoms with van der Waals surface area (Å²) in [7, 11) is 1.25. The van der Waals surface area contributed by atoms with Gasteiger partial charge in [-0.2, -0.15) is 0 Å². The lowest BCUT2D eigenvalue weighted by atomic mass is 9.60. The smallest absolute Gasteiger partial charge is 0.339 e. The van der Waals surface area contributed by atoms with Crippen molar-refractivity contribution in [2.75, 3.05) is 17.3 Å². The van der Waals surface area contributed by atoms with Crippen molar-refractivity contribution in [3.8, 4) is 0 Å². The molecule has 2 aliphatic heterocycles.